The quantitative estimate of drug-likeness (QED) is 0.397. The van der Waals surface area contributed by atoms with Gasteiger partial charge >= 0.3 is 0 Å². The van der Waals surface area contributed by atoms with Crippen molar-refractivity contribution in [3.63, 3.8) is 0 Å². The molecule has 2 saturated heterocycles. The van der Waals surface area contributed by atoms with Gasteiger partial charge in [0.15, 0.2) is 5.96 Å². The van der Waals surface area contributed by atoms with Crippen molar-refractivity contribution in [1.29, 1.82) is 0 Å². The first-order valence-electron chi connectivity index (χ1n) is 11.2. The maximum absolute atomic E-state index is 4.94. The summed E-state index contributed by atoms with van der Waals surface area (Å²) in [6, 6.07) is 1.95. The second kappa shape index (κ2) is 12.1. The predicted octanol–water partition coefficient (Wildman–Crippen LogP) is 2.41. The van der Waals surface area contributed by atoms with Gasteiger partial charge in [-0.3, -0.25) is 9.89 Å². The Labute approximate surface area is 170 Å². The van der Waals surface area contributed by atoms with Crippen LogP contribution in [0.25, 0.3) is 0 Å². The molecule has 28 heavy (non-hydrogen) atoms. The summed E-state index contributed by atoms with van der Waals surface area (Å²) in [5.41, 5.74) is 1.01. The fraction of sp³-hybridized carbons (Fsp3) is 0.810. The highest BCUT2D eigenvalue weighted by molar-refractivity contribution is 5.80. The number of unbranched alkanes of at least 4 members (excludes halogenated alkanes) is 2. The molecule has 1 N–H and O–H groups in total. The third kappa shape index (κ3) is 7.09. The number of piperidine rings is 1. The van der Waals surface area contributed by atoms with Crippen molar-refractivity contribution < 1.29 is 4.52 Å². The smallest absolute Gasteiger partial charge is 0.194 e. The molecule has 0 radical (unpaired) electrons. The molecule has 0 unspecified atom stereocenters. The normalized spacial score (nSPS) is 19.9. The molecular formula is C21H38N6O. The average Bonchev–Trinajstić information content (AvgIpc) is 3.24. The van der Waals surface area contributed by atoms with Crippen LogP contribution >= 0.6 is 0 Å². The number of nitrogens with zero attached hydrogens (tertiary/aromatic N) is 5. The van der Waals surface area contributed by atoms with E-state index < -0.39 is 0 Å². The topological polar surface area (TPSA) is 60.1 Å². The maximum Gasteiger partial charge on any atom is 0.194 e. The number of hydrogen-bond donors (Lipinski definition) is 1. The molecule has 2 aliphatic heterocycles. The van der Waals surface area contributed by atoms with Crippen LogP contribution in [0.1, 0.15) is 51.1 Å². The van der Waals surface area contributed by atoms with Crippen LogP contribution in [0.2, 0.25) is 0 Å². The molecule has 0 aliphatic carbocycles. The fourth-order valence-corrected chi connectivity index (χ4v) is 4.08. The third-order valence-electron chi connectivity index (χ3n) is 5.73. The summed E-state index contributed by atoms with van der Waals surface area (Å²) in [6.45, 7) is 12.9. The third-order valence-corrected chi connectivity index (χ3v) is 5.73. The van der Waals surface area contributed by atoms with Gasteiger partial charge in [0, 0.05) is 51.9 Å². The van der Waals surface area contributed by atoms with E-state index in [4.69, 9.17) is 9.52 Å². The summed E-state index contributed by atoms with van der Waals surface area (Å²) >= 11 is 0. The van der Waals surface area contributed by atoms with Crippen molar-refractivity contribution in [3.8, 4) is 0 Å². The van der Waals surface area contributed by atoms with Crippen molar-refractivity contribution in [2.45, 2.75) is 52.0 Å². The molecule has 2 aliphatic rings. The Morgan fingerprint density at radius 2 is 1.86 bits per heavy atom. The summed E-state index contributed by atoms with van der Waals surface area (Å²) in [5.74, 6) is 1.08. The van der Waals surface area contributed by atoms with Gasteiger partial charge in [-0.05, 0) is 52.2 Å². The molecule has 0 spiro atoms. The first-order valence-corrected chi connectivity index (χ1v) is 11.2. The van der Waals surface area contributed by atoms with Crippen LogP contribution in [0.5, 0.6) is 0 Å². The van der Waals surface area contributed by atoms with Crippen molar-refractivity contribution >= 4 is 5.96 Å². The first kappa shape index (κ1) is 21.1. The maximum atomic E-state index is 4.94. The minimum atomic E-state index is 0.870. The molecule has 7 heteroatoms. The summed E-state index contributed by atoms with van der Waals surface area (Å²) in [4.78, 5) is 12.4. The van der Waals surface area contributed by atoms with Crippen molar-refractivity contribution in [2.75, 3.05) is 58.9 Å². The first-order chi connectivity index (χ1) is 13.8. The zero-order valence-electron chi connectivity index (χ0n) is 17.6. The highest BCUT2D eigenvalue weighted by Crippen LogP contribution is 2.10. The van der Waals surface area contributed by atoms with Crippen LogP contribution in [-0.2, 0) is 6.54 Å². The van der Waals surface area contributed by atoms with E-state index in [-0.39, 0.29) is 0 Å². The molecule has 3 rings (SSSR count). The largest absolute Gasteiger partial charge is 0.364 e. The molecule has 3 heterocycles. The predicted molar refractivity (Wildman–Crippen MR) is 113 cm³/mol. The zero-order chi connectivity index (χ0) is 19.4. The Bertz CT molecular complexity index is 547. The van der Waals surface area contributed by atoms with Crippen LogP contribution in [0.3, 0.4) is 0 Å². The van der Waals surface area contributed by atoms with E-state index in [1.54, 1.807) is 6.26 Å². The Hall–Kier alpha value is -1.60. The average molecular weight is 391 g/mol. The summed E-state index contributed by atoms with van der Waals surface area (Å²) in [5, 5.41) is 7.50. The lowest BCUT2D eigenvalue weighted by Gasteiger charge is -2.36. The number of nitrogens with one attached hydrogen (secondary N) is 1. The molecule has 2 fully saturated rings. The monoisotopic (exact) mass is 390 g/mol. The van der Waals surface area contributed by atoms with Gasteiger partial charge in [-0.2, -0.15) is 0 Å². The van der Waals surface area contributed by atoms with Crippen LogP contribution in [0, 0.1) is 0 Å². The molecule has 0 amide bonds. The summed E-state index contributed by atoms with van der Waals surface area (Å²) in [7, 11) is 0. The molecular weight excluding hydrogens is 352 g/mol. The van der Waals surface area contributed by atoms with E-state index in [0.717, 1.165) is 57.5 Å². The van der Waals surface area contributed by atoms with E-state index >= 15 is 0 Å². The molecule has 0 saturated carbocycles. The van der Waals surface area contributed by atoms with Crippen LogP contribution < -0.4 is 5.32 Å². The van der Waals surface area contributed by atoms with Crippen LogP contribution in [-0.4, -0.2) is 84.7 Å². The van der Waals surface area contributed by atoms with E-state index in [9.17, 15) is 0 Å². The number of aliphatic imine (C=N–C) groups is 1. The van der Waals surface area contributed by atoms with Crippen molar-refractivity contribution in [3.05, 3.63) is 18.0 Å². The van der Waals surface area contributed by atoms with Gasteiger partial charge in [-0.1, -0.05) is 18.0 Å². The van der Waals surface area contributed by atoms with Gasteiger partial charge in [-0.25, -0.2) is 0 Å². The lowest BCUT2D eigenvalue weighted by molar-refractivity contribution is 0.169. The molecule has 1 aromatic heterocycles. The second-order valence-corrected chi connectivity index (χ2v) is 7.95. The van der Waals surface area contributed by atoms with E-state index in [1.165, 1.54) is 58.2 Å². The number of piperazine rings is 1. The Kier molecular flexibility index (Phi) is 9.10. The Balaban J connectivity index is 1.33. The zero-order valence-corrected chi connectivity index (χ0v) is 17.6. The number of hydrogen-bond acceptors (Lipinski definition) is 5. The van der Waals surface area contributed by atoms with E-state index in [0.29, 0.717) is 0 Å². The Morgan fingerprint density at radius 1 is 1.04 bits per heavy atom. The van der Waals surface area contributed by atoms with E-state index in [2.05, 4.69) is 32.1 Å². The van der Waals surface area contributed by atoms with Crippen LogP contribution in [0.4, 0.5) is 0 Å². The standard InChI is InChI=1S/C21H38N6O/c1-2-22-21(23-10-5-3-6-11-25-12-7-4-8-13-25)27-16-14-26(15-17-27)19-20-9-18-28-24-20/h9,18H,2-8,10-17,19H2,1H3,(H,22,23). The van der Waals surface area contributed by atoms with Gasteiger partial charge < -0.3 is 19.6 Å². The summed E-state index contributed by atoms with van der Waals surface area (Å²) in [6.07, 6.45) is 9.64. The highest BCUT2D eigenvalue weighted by atomic mass is 16.5. The van der Waals surface area contributed by atoms with E-state index in [1.807, 2.05) is 6.07 Å². The fourth-order valence-electron chi connectivity index (χ4n) is 4.08. The minimum Gasteiger partial charge on any atom is -0.364 e. The lowest BCUT2D eigenvalue weighted by atomic mass is 10.1. The molecule has 0 bridgehead atoms. The molecule has 7 nitrogen and oxygen atoms in total. The van der Waals surface area contributed by atoms with Gasteiger partial charge in [0.2, 0.25) is 0 Å². The van der Waals surface area contributed by atoms with Crippen molar-refractivity contribution in [1.82, 2.24) is 25.2 Å². The van der Waals surface area contributed by atoms with Gasteiger partial charge in [0.1, 0.15) is 6.26 Å². The minimum absolute atomic E-state index is 0.870. The Morgan fingerprint density at radius 3 is 2.57 bits per heavy atom. The van der Waals surface area contributed by atoms with Crippen molar-refractivity contribution in [2.24, 2.45) is 4.99 Å². The molecule has 158 valence electrons. The molecule has 0 aromatic carbocycles. The molecule has 0 atom stereocenters. The lowest BCUT2D eigenvalue weighted by Crippen LogP contribution is -2.52. The number of aromatic nitrogens is 1. The SMILES string of the molecule is CCNC(=NCCCCCN1CCCCC1)N1CCN(Cc2ccon2)CC1. The van der Waals surface area contributed by atoms with Gasteiger partial charge in [0.25, 0.3) is 0 Å². The second-order valence-electron chi connectivity index (χ2n) is 7.95. The van der Waals surface area contributed by atoms with Gasteiger partial charge in [0.05, 0.1) is 5.69 Å². The number of likely N-dealkylation sites (tertiary alicyclic amines) is 1. The number of guanidine groups is 1. The number of rotatable bonds is 9. The highest BCUT2D eigenvalue weighted by Gasteiger charge is 2.20. The molecule has 1 aromatic rings. The van der Waals surface area contributed by atoms with Crippen LogP contribution in [0.15, 0.2) is 21.8 Å². The summed E-state index contributed by atoms with van der Waals surface area (Å²) < 4.78 is 4.94. The van der Waals surface area contributed by atoms with Gasteiger partial charge in [-0.15, -0.1) is 0 Å².